The van der Waals surface area contributed by atoms with Gasteiger partial charge in [-0.1, -0.05) is 18.2 Å². The summed E-state index contributed by atoms with van der Waals surface area (Å²) in [4.78, 5) is 14.7. The molecule has 0 unspecified atom stereocenters. The van der Waals surface area contributed by atoms with Crippen LogP contribution in [0.1, 0.15) is 0 Å². The number of pyridine rings is 1. The third-order valence-corrected chi connectivity index (χ3v) is 2.55. The number of aromatic nitrogens is 1. The molecule has 0 atom stereocenters. The van der Waals surface area contributed by atoms with Gasteiger partial charge in [-0.3, -0.25) is 15.1 Å². The van der Waals surface area contributed by atoms with Crippen molar-refractivity contribution in [2.45, 2.75) is 0 Å². The summed E-state index contributed by atoms with van der Waals surface area (Å²) in [6.45, 7) is 3.95. The molecule has 18 heavy (non-hydrogen) atoms. The van der Waals surface area contributed by atoms with Crippen LogP contribution in [0.5, 0.6) is 0 Å². The van der Waals surface area contributed by atoms with Gasteiger partial charge in [0.15, 0.2) is 0 Å². The maximum absolute atomic E-state index is 10.9. The summed E-state index contributed by atoms with van der Waals surface area (Å²) in [5, 5.41) is 14.9. The van der Waals surface area contributed by atoms with Crippen LogP contribution in [0.3, 0.4) is 0 Å². The summed E-state index contributed by atoms with van der Waals surface area (Å²) in [5.41, 5.74) is 1.27. The summed E-state index contributed by atoms with van der Waals surface area (Å²) >= 11 is 5.67. The van der Waals surface area contributed by atoms with Gasteiger partial charge >= 0.3 is 0 Å². The van der Waals surface area contributed by atoms with Crippen molar-refractivity contribution in [1.82, 2.24) is 4.98 Å². The van der Waals surface area contributed by atoms with E-state index in [9.17, 15) is 10.1 Å². The van der Waals surface area contributed by atoms with E-state index in [0.717, 1.165) is 0 Å². The number of nitro groups is 1. The molecule has 0 aliphatic heterocycles. The molecule has 0 saturated carbocycles. The summed E-state index contributed by atoms with van der Waals surface area (Å²) in [5.74, 6) is 0. The standard InChI is InChI=1S/C12H10ClN3O2/c1-8(13)7-15-10-4-5-11(16(17)18)9-3-2-6-14-12(9)10/h2-6,15H,1,7H2. The molecule has 0 spiro atoms. The van der Waals surface area contributed by atoms with Gasteiger partial charge in [0, 0.05) is 17.3 Å². The first-order chi connectivity index (χ1) is 8.59. The molecule has 1 aromatic heterocycles. The second-order valence-corrected chi connectivity index (χ2v) is 4.19. The molecule has 1 N–H and O–H groups in total. The van der Waals surface area contributed by atoms with Gasteiger partial charge in [-0.25, -0.2) is 0 Å². The molecule has 0 radical (unpaired) electrons. The van der Waals surface area contributed by atoms with Crippen molar-refractivity contribution >= 4 is 33.9 Å². The third-order valence-electron chi connectivity index (χ3n) is 2.41. The fraction of sp³-hybridized carbons (Fsp3) is 0.0833. The van der Waals surface area contributed by atoms with Crippen molar-refractivity contribution in [2.24, 2.45) is 0 Å². The number of benzene rings is 1. The minimum atomic E-state index is -0.422. The van der Waals surface area contributed by atoms with E-state index < -0.39 is 4.92 Å². The van der Waals surface area contributed by atoms with Crippen LogP contribution in [-0.4, -0.2) is 16.5 Å². The molecule has 1 aromatic carbocycles. The minimum absolute atomic E-state index is 0.0355. The summed E-state index contributed by atoms with van der Waals surface area (Å²) in [6.07, 6.45) is 1.59. The van der Waals surface area contributed by atoms with E-state index in [1.807, 2.05) is 0 Å². The smallest absolute Gasteiger partial charge is 0.278 e. The highest BCUT2D eigenvalue weighted by molar-refractivity contribution is 6.29. The number of hydrogen-bond acceptors (Lipinski definition) is 4. The first-order valence-corrected chi connectivity index (χ1v) is 5.56. The van der Waals surface area contributed by atoms with Gasteiger partial charge in [0.1, 0.15) is 5.52 Å². The van der Waals surface area contributed by atoms with Crippen LogP contribution < -0.4 is 5.32 Å². The number of nitrogens with zero attached hydrogens (tertiary/aromatic N) is 2. The van der Waals surface area contributed by atoms with Crippen molar-refractivity contribution in [3.63, 3.8) is 0 Å². The molecule has 0 bridgehead atoms. The van der Waals surface area contributed by atoms with Gasteiger partial charge in [0.05, 0.1) is 22.5 Å². The molecule has 92 valence electrons. The second-order valence-electron chi connectivity index (χ2n) is 3.66. The average molecular weight is 264 g/mol. The van der Waals surface area contributed by atoms with E-state index in [1.165, 1.54) is 6.07 Å². The van der Waals surface area contributed by atoms with E-state index in [-0.39, 0.29) is 5.69 Å². The zero-order chi connectivity index (χ0) is 13.1. The number of non-ortho nitro benzene ring substituents is 1. The first-order valence-electron chi connectivity index (χ1n) is 5.19. The van der Waals surface area contributed by atoms with Gasteiger partial charge in [-0.05, 0) is 18.2 Å². The van der Waals surface area contributed by atoms with Crippen LogP contribution in [0, 0.1) is 10.1 Å². The number of fused-ring (bicyclic) bond motifs is 1. The Labute approximate surface area is 108 Å². The van der Waals surface area contributed by atoms with Crippen LogP contribution in [0.15, 0.2) is 42.1 Å². The Morgan fingerprint density at radius 1 is 1.50 bits per heavy atom. The molecule has 1 heterocycles. The lowest BCUT2D eigenvalue weighted by Crippen LogP contribution is -2.02. The van der Waals surface area contributed by atoms with Crippen LogP contribution in [0.25, 0.3) is 10.9 Å². The van der Waals surface area contributed by atoms with E-state index in [1.54, 1.807) is 24.4 Å². The number of nitrogens with one attached hydrogen (secondary N) is 1. The van der Waals surface area contributed by atoms with Gasteiger partial charge in [0.2, 0.25) is 0 Å². The molecule has 0 saturated heterocycles. The van der Waals surface area contributed by atoms with Crippen molar-refractivity contribution in [2.75, 3.05) is 11.9 Å². The first kappa shape index (κ1) is 12.3. The minimum Gasteiger partial charge on any atom is -0.378 e. The fourth-order valence-electron chi connectivity index (χ4n) is 1.65. The van der Waals surface area contributed by atoms with E-state index in [0.29, 0.717) is 28.2 Å². The van der Waals surface area contributed by atoms with Gasteiger partial charge < -0.3 is 5.32 Å². The zero-order valence-corrected chi connectivity index (χ0v) is 10.1. The van der Waals surface area contributed by atoms with Crippen molar-refractivity contribution < 1.29 is 4.92 Å². The van der Waals surface area contributed by atoms with Crippen LogP contribution >= 0.6 is 11.6 Å². The molecule has 2 aromatic rings. The van der Waals surface area contributed by atoms with Crippen molar-refractivity contribution in [3.05, 3.63) is 52.2 Å². The van der Waals surface area contributed by atoms with Gasteiger partial charge in [-0.15, -0.1) is 0 Å². The lowest BCUT2D eigenvalue weighted by molar-refractivity contribution is -0.383. The number of hydrogen-bond donors (Lipinski definition) is 1. The number of halogens is 1. The van der Waals surface area contributed by atoms with Crippen LogP contribution in [-0.2, 0) is 0 Å². The summed E-state index contributed by atoms with van der Waals surface area (Å²) in [7, 11) is 0. The lowest BCUT2D eigenvalue weighted by Gasteiger charge is -2.08. The summed E-state index contributed by atoms with van der Waals surface area (Å²) < 4.78 is 0. The Bertz CT molecular complexity index is 628. The zero-order valence-electron chi connectivity index (χ0n) is 9.39. The van der Waals surface area contributed by atoms with Crippen molar-refractivity contribution in [3.8, 4) is 0 Å². The normalized spacial score (nSPS) is 10.3. The van der Waals surface area contributed by atoms with E-state index in [4.69, 9.17) is 11.6 Å². The molecule has 0 amide bonds. The quantitative estimate of drug-likeness (QED) is 0.679. The Morgan fingerprint density at radius 3 is 2.94 bits per heavy atom. The largest absolute Gasteiger partial charge is 0.378 e. The second kappa shape index (κ2) is 5.01. The predicted octanol–water partition coefficient (Wildman–Crippen LogP) is 3.31. The molecule has 0 fully saturated rings. The molecule has 0 aliphatic rings. The number of anilines is 1. The SMILES string of the molecule is C=C(Cl)CNc1ccc([N+](=O)[O-])c2cccnc12. The number of nitro benzene ring substituents is 1. The molecule has 0 aliphatic carbocycles. The number of rotatable bonds is 4. The van der Waals surface area contributed by atoms with E-state index in [2.05, 4.69) is 16.9 Å². The average Bonchev–Trinajstić information content (AvgIpc) is 2.35. The summed E-state index contributed by atoms with van der Waals surface area (Å²) in [6, 6.07) is 6.40. The Kier molecular flexibility index (Phi) is 3.43. The van der Waals surface area contributed by atoms with Gasteiger partial charge in [-0.2, -0.15) is 0 Å². The topological polar surface area (TPSA) is 68.1 Å². The highest BCUT2D eigenvalue weighted by Gasteiger charge is 2.14. The molecule has 2 rings (SSSR count). The Hall–Kier alpha value is -2.14. The molecule has 6 heteroatoms. The van der Waals surface area contributed by atoms with Crippen LogP contribution in [0.4, 0.5) is 11.4 Å². The van der Waals surface area contributed by atoms with Crippen molar-refractivity contribution in [1.29, 1.82) is 0 Å². The molecular formula is C12H10ClN3O2. The van der Waals surface area contributed by atoms with Crippen LogP contribution in [0.2, 0.25) is 0 Å². The molecule has 5 nitrogen and oxygen atoms in total. The molecular weight excluding hydrogens is 254 g/mol. The highest BCUT2D eigenvalue weighted by atomic mass is 35.5. The maximum atomic E-state index is 10.9. The Balaban J connectivity index is 2.53. The monoisotopic (exact) mass is 263 g/mol. The lowest BCUT2D eigenvalue weighted by atomic mass is 10.1. The predicted molar refractivity (Wildman–Crippen MR) is 71.9 cm³/mol. The fourth-order valence-corrected chi connectivity index (χ4v) is 1.72. The highest BCUT2D eigenvalue weighted by Crippen LogP contribution is 2.29. The maximum Gasteiger partial charge on any atom is 0.278 e. The Morgan fingerprint density at radius 2 is 2.28 bits per heavy atom. The third kappa shape index (κ3) is 2.41. The van der Waals surface area contributed by atoms with Gasteiger partial charge in [0.25, 0.3) is 5.69 Å². The van der Waals surface area contributed by atoms with E-state index >= 15 is 0 Å².